The van der Waals surface area contributed by atoms with Crippen LogP contribution in [0.2, 0.25) is 0 Å². The number of nitrogens with zero attached hydrogens (tertiary/aromatic N) is 2. The lowest BCUT2D eigenvalue weighted by Crippen LogP contribution is -2.34. The molecule has 2 atom stereocenters. The second kappa shape index (κ2) is 8.66. The number of rotatable bonds is 6. The summed E-state index contributed by atoms with van der Waals surface area (Å²) in [6.45, 7) is 8.83. The van der Waals surface area contributed by atoms with E-state index in [2.05, 4.69) is 15.6 Å². The molecule has 9 nitrogen and oxygen atoms in total. The first-order chi connectivity index (χ1) is 14.2. The Morgan fingerprint density at radius 3 is 2.37 bits per heavy atom. The van der Waals surface area contributed by atoms with Crippen LogP contribution in [0, 0.1) is 0 Å². The lowest BCUT2D eigenvalue weighted by molar-refractivity contribution is -0.177. The summed E-state index contributed by atoms with van der Waals surface area (Å²) in [5.74, 6) is -1.96. The quantitative estimate of drug-likeness (QED) is 0.562. The van der Waals surface area contributed by atoms with Crippen LogP contribution in [0.4, 0.5) is 0 Å². The highest BCUT2D eigenvalue weighted by Crippen LogP contribution is 2.41. The van der Waals surface area contributed by atoms with E-state index < -0.39 is 24.1 Å². The molecule has 3 rings (SSSR count). The summed E-state index contributed by atoms with van der Waals surface area (Å²) in [7, 11) is 1.29. The maximum atomic E-state index is 13.2. The van der Waals surface area contributed by atoms with Crippen molar-refractivity contribution in [3.8, 4) is 0 Å². The molecule has 0 spiro atoms. The number of methoxy groups -OCH3 is 1. The molecule has 2 aromatic rings. The SMILES string of the molecule is COC(=O)C1=C(C)NC(C)=C(C(=O)OC(C)OC(C)C)C1c1cccc2nonc12. The van der Waals surface area contributed by atoms with Crippen molar-refractivity contribution >= 4 is 23.0 Å². The van der Waals surface area contributed by atoms with Gasteiger partial charge in [0.05, 0.1) is 30.3 Å². The first-order valence-corrected chi connectivity index (χ1v) is 9.59. The molecule has 1 N–H and O–H groups in total. The first-order valence-electron chi connectivity index (χ1n) is 9.59. The van der Waals surface area contributed by atoms with E-state index in [0.717, 1.165) is 0 Å². The number of carbonyl (C=O) groups is 2. The lowest BCUT2D eigenvalue weighted by atomic mass is 9.80. The van der Waals surface area contributed by atoms with Crippen LogP contribution in [0.5, 0.6) is 0 Å². The van der Waals surface area contributed by atoms with Gasteiger partial charge in [0.25, 0.3) is 0 Å². The van der Waals surface area contributed by atoms with Gasteiger partial charge in [0.15, 0.2) is 0 Å². The number of dihydropyridines is 1. The average Bonchev–Trinajstić information content (AvgIpc) is 3.14. The fourth-order valence-electron chi connectivity index (χ4n) is 3.64. The zero-order valence-corrected chi connectivity index (χ0v) is 17.8. The predicted molar refractivity (Wildman–Crippen MR) is 107 cm³/mol. The van der Waals surface area contributed by atoms with Crippen molar-refractivity contribution in [2.75, 3.05) is 7.11 Å². The number of nitrogens with one attached hydrogen (secondary N) is 1. The molecule has 0 bridgehead atoms. The summed E-state index contributed by atoms with van der Waals surface area (Å²) in [5.41, 5.74) is 3.21. The van der Waals surface area contributed by atoms with E-state index in [0.29, 0.717) is 28.0 Å². The Hall–Kier alpha value is -3.20. The molecular weight excluding hydrogens is 390 g/mol. The number of hydrogen-bond donors (Lipinski definition) is 1. The van der Waals surface area contributed by atoms with Gasteiger partial charge in [-0.05, 0) is 56.6 Å². The highest BCUT2D eigenvalue weighted by molar-refractivity contribution is 6.01. The molecule has 0 saturated carbocycles. The van der Waals surface area contributed by atoms with E-state index in [1.54, 1.807) is 39.0 Å². The zero-order valence-electron chi connectivity index (χ0n) is 17.8. The van der Waals surface area contributed by atoms with E-state index in [9.17, 15) is 9.59 Å². The number of ether oxygens (including phenoxy) is 3. The van der Waals surface area contributed by atoms with Crippen LogP contribution in [0.3, 0.4) is 0 Å². The van der Waals surface area contributed by atoms with Gasteiger partial charge in [0.2, 0.25) is 6.29 Å². The number of hydrogen-bond acceptors (Lipinski definition) is 9. The minimum Gasteiger partial charge on any atom is -0.466 e. The molecule has 0 saturated heterocycles. The maximum absolute atomic E-state index is 13.2. The Morgan fingerprint density at radius 2 is 1.73 bits per heavy atom. The highest BCUT2D eigenvalue weighted by Gasteiger charge is 2.39. The van der Waals surface area contributed by atoms with E-state index in [1.807, 2.05) is 13.8 Å². The lowest BCUT2D eigenvalue weighted by Gasteiger charge is -2.30. The van der Waals surface area contributed by atoms with Crippen molar-refractivity contribution in [3.63, 3.8) is 0 Å². The van der Waals surface area contributed by atoms with Crippen LogP contribution in [-0.2, 0) is 23.8 Å². The standard InChI is InChI=1S/C21H25N3O6/c1-10(2)28-13(5)29-21(26)17-12(4)22-11(3)16(20(25)27-6)18(17)14-8-7-9-15-19(14)24-30-23-15/h7-10,13,18,22H,1-6H3. The van der Waals surface area contributed by atoms with E-state index in [4.69, 9.17) is 18.8 Å². The molecule has 0 aliphatic carbocycles. The van der Waals surface area contributed by atoms with Crippen molar-refractivity contribution in [2.24, 2.45) is 0 Å². The molecular formula is C21H25N3O6. The number of benzene rings is 1. The van der Waals surface area contributed by atoms with E-state index >= 15 is 0 Å². The van der Waals surface area contributed by atoms with Gasteiger partial charge < -0.3 is 19.5 Å². The fraction of sp³-hybridized carbons (Fsp3) is 0.429. The summed E-state index contributed by atoms with van der Waals surface area (Å²) in [6, 6.07) is 5.27. The second-order valence-corrected chi connectivity index (χ2v) is 7.26. The summed E-state index contributed by atoms with van der Waals surface area (Å²) >= 11 is 0. The fourth-order valence-corrected chi connectivity index (χ4v) is 3.64. The van der Waals surface area contributed by atoms with Crippen molar-refractivity contribution < 1.29 is 28.4 Å². The van der Waals surface area contributed by atoms with Crippen LogP contribution in [0.15, 0.2) is 45.4 Å². The molecule has 2 heterocycles. The van der Waals surface area contributed by atoms with Crippen LogP contribution in [-0.4, -0.2) is 41.8 Å². The summed E-state index contributed by atoms with van der Waals surface area (Å²) in [4.78, 5) is 25.9. The largest absolute Gasteiger partial charge is 0.466 e. The summed E-state index contributed by atoms with van der Waals surface area (Å²) < 4.78 is 20.9. The van der Waals surface area contributed by atoms with Gasteiger partial charge in [0, 0.05) is 11.4 Å². The third-order valence-electron chi connectivity index (χ3n) is 4.75. The summed E-state index contributed by atoms with van der Waals surface area (Å²) in [5, 5.41) is 10.9. The molecule has 2 unspecified atom stereocenters. The third-order valence-corrected chi connectivity index (χ3v) is 4.75. The molecule has 0 fully saturated rings. The Balaban J connectivity index is 2.14. The van der Waals surface area contributed by atoms with Crippen LogP contribution >= 0.6 is 0 Å². The van der Waals surface area contributed by atoms with Crippen molar-refractivity contribution in [3.05, 3.63) is 46.3 Å². The van der Waals surface area contributed by atoms with Crippen LogP contribution in [0.1, 0.15) is 46.1 Å². The normalized spacial score (nSPS) is 17.9. The van der Waals surface area contributed by atoms with Crippen LogP contribution < -0.4 is 5.32 Å². The molecule has 1 aromatic heterocycles. The van der Waals surface area contributed by atoms with E-state index in [-0.39, 0.29) is 17.3 Å². The molecule has 1 aliphatic rings. The van der Waals surface area contributed by atoms with Crippen molar-refractivity contribution in [2.45, 2.75) is 52.9 Å². The smallest absolute Gasteiger partial charge is 0.339 e. The van der Waals surface area contributed by atoms with Crippen LogP contribution in [0.25, 0.3) is 11.0 Å². The Kier molecular flexibility index (Phi) is 6.21. The number of allylic oxidation sites excluding steroid dienone is 2. The van der Waals surface area contributed by atoms with Gasteiger partial charge in [-0.3, -0.25) is 0 Å². The number of fused-ring (bicyclic) bond motifs is 1. The molecule has 9 heteroatoms. The summed E-state index contributed by atoms with van der Waals surface area (Å²) in [6.07, 6.45) is -0.887. The average molecular weight is 415 g/mol. The highest BCUT2D eigenvalue weighted by atomic mass is 16.7. The second-order valence-electron chi connectivity index (χ2n) is 7.26. The maximum Gasteiger partial charge on any atom is 0.339 e. The number of aromatic nitrogens is 2. The molecule has 30 heavy (non-hydrogen) atoms. The number of esters is 2. The van der Waals surface area contributed by atoms with Gasteiger partial charge in [0.1, 0.15) is 11.0 Å². The monoisotopic (exact) mass is 415 g/mol. The minimum atomic E-state index is -0.784. The molecule has 160 valence electrons. The molecule has 0 radical (unpaired) electrons. The Labute approximate surface area is 174 Å². The Morgan fingerprint density at radius 1 is 1.07 bits per heavy atom. The van der Waals surface area contributed by atoms with Gasteiger partial charge >= 0.3 is 11.9 Å². The van der Waals surface area contributed by atoms with Gasteiger partial charge in [-0.1, -0.05) is 12.1 Å². The van der Waals surface area contributed by atoms with Gasteiger partial charge in [-0.25, -0.2) is 14.2 Å². The molecule has 0 amide bonds. The number of carbonyl (C=O) groups excluding carboxylic acids is 2. The first kappa shape index (κ1) is 21.5. The minimum absolute atomic E-state index is 0.120. The Bertz CT molecular complexity index is 1040. The zero-order chi connectivity index (χ0) is 22.0. The van der Waals surface area contributed by atoms with Crippen molar-refractivity contribution in [1.29, 1.82) is 0 Å². The molecule has 1 aromatic carbocycles. The van der Waals surface area contributed by atoms with E-state index in [1.165, 1.54) is 7.11 Å². The van der Waals surface area contributed by atoms with Gasteiger partial charge in [-0.2, -0.15) is 0 Å². The third kappa shape index (κ3) is 4.06. The van der Waals surface area contributed by atoms with Gasteiger partial charge in [-0.15, -0.1) is 0 Å². The topological polar surface area (TPSA) is 113 Å². The molecule has 1 aliphatic heterocycles. The van der Waals surface area contributed by atoms with Crippen molar-refractivity contribution in [1.82, 2.24) is 15.6 Å². The predicted octanol–water partition coefficient (Wildman–Crippen LogP) is 2.94.